The van der Waals surface area contributed by atoms with Gasteiger partial charge in [0.1, 0.15) is 17.2 Å². The van der Waals surface area contributed by atoms with Crippen LogP contribution in [0.3, 0.4) is 0 Å². The predicted molar refractivity (Wildman–Crippen MR) is 125 cm³/mol. The number of hydrogen-bond donors (Lipinski definition) is 1. The van der Waals surface area contributed by atoms with Crippen LogP contribution in [0.1, 0.15) is 21.5 Å². The lowest BCUT2D eigenvalue weighted by Gasteiger charge is -2.09. The lowest BCUT2D eigenvalue weighted by atomic mass is 10.1. The van der Waals surface area contributed by atoms with Crippen molar-refractivity contribution in [2.75, 3.05) is 21.3 Å². The minimum atomic E-state index is -0.720. The Hall–Kier alpha value is -4.39. The molecule has 0 amide bonds. The highest BCUT2D eigenvalue weighted by molar-refractivity contribution is 6.24. The summed E-state index contributed by atoms with van der Waals surface area (Å²) in [5.41, 5.74) is 7.57. The highest BCUT2D eigenvalue weighted by Crippen LogP contribution is 2.36. The van der Waals surface area contributed by atoms with Crippen LogP contribution in [0.4, 0.5) is 0 Å². The lowest BCUT2D eigenvalue weighted by Crippen LogP contribution is -2.20. The third-order valence-corrected chi connectivity index (χ3v) is 5.26. The van der Waals surface area contributed by atoms with Crippen LogP contribution < -0.4 is 14.9 Å². The van der Waals surface area contributed by atoms with Crippen LogP contribution in [0, 0.1) is 0 Å². The van der Waals surface area contributed by atoms with Gasteiger partial charge < -0.3 is 14.2 Å². The number of ether oxygens (including phenoxy) is 3. The number of hydrogen-bond acceptors (Lipinski definition) is 7. The number of fused-ring (bicyclic) bond motifs is 3. The van der Waals surface area contributed by atoms with Crippen LogP contribution in [-0.4, -0.2) is 38.8 Å². The van der Waals surface area contributed by atoms with E-state index in [0.29, 0.717) is 22.8 Å². The standard InChI is InChI=1S/C26H22N2O5/c1-31-17-12-16(13-18(14-17)32-2)24(29)15-23(26(30)33-3)27-28-25-21-10-6-4-8-19(21)20-9-5-7-11-22(20)25/h4-15,27H,1-3H3. The number of methoxy groups -OCH3 is 3. The van der Waals surface area contributed by atoms with Gasteiger partial charge in [-0.25, -0.2) is 4.79 Å². The van der Waals surface area contributed by atoms with Crippen molar-refractivity contribution in [3.05, 3.63) is 95.2 Å². The first kappa shape index (κ1) is 21.8. The van der Waals surface area contributed by atoms with Crippen LogP contribution in [0.5, 0.6) is 11.5 Å². The maximum Gasteiger partial charge on any atom is 0.356 e. The molecule has 1 N–H and O–H groups in total. The van der Waals surface area contributed by atoms with E-state index in [1.54, 1.807) is 18.2 Å². The van der Waals surface area contributed by atoms with Gasteiger partial charge in [-0.3, -0.25) is 10.2 Å². The first-order valence-corrected chi connectivity index (χ1v) is 10.2. The third kappa shape index (κ3) is 4.34. The lowest BCUT2D eigenvalue weighted by molar-refractivity contribution is -0.136. The van der Waals surface area contributed by atoms with Crippen molar-refractivity contribution in [2.45, 2.75) is 0 Å². The van der Waals surface area contributed by atoms with Gasteiger partial charge >= 0.3 is 5.97 Å². The molecule has 0 aromatic heterocycles. The van der Waals surface area contributed by atoms with Gasteiger partial charge in [-0.1, -0.05) is 48.5 Å². The summed E-state index contributed by atoms with van der Waals surface area (Å²) >= 11 is 0. The number of ketones is 1. The summed E-state index contributed by atoms with van der Waals surface area (Å²) in [5, 5.41) is 4.49. The highest BCUT2D eigenvalue weighted by atomic mass is 16.5. The number of carbonyl (C=O) groups is 2. The van der Waals surface area contributed by atoms with Crippen molar-refractivity contribution in [3.8, 4) is 22.6 Å². The van der Waals surface area contributed by atoms with Crippen molar-refractivity contribution in [2.24, 2.45) is 5.10 Å². The van der Waals surface area contributed by atoms with Gasteiger partial charge in [0, 0.05) is 28.8 Å². The zero-order valence-corrected chi connectivity index (χ0v) is 18.4. The summed E-state index contributed by atoms with van der Waals surface area (Å²) in [6.45, 7) is 0. The molecule has 3 aromatic carbocycles. The van der Waals surface area contributed by atoms with Crippen LogP contribution >= 0.6 is 0 Å². The van der Waals surface area contributed by atoms with E-state index in [1.165, 1.54) is 21.3 Å². The number of nitrogens with zero attached hydrogens (tertiary/aromatic N) is 1. The van der Waals surface area contributed by atoms with Gasteiger partial charge in [0.2, 0.25) is 0 Å². The number of hydrazone groups is 1. The Kier molecular flexibility index (Phi) is 6.22. The fourth-order valence-corrected chi connectivity index (χ4v) is 3.64. The minimum absolute atomic E-state index is 0.0985. The van der Waals surface area contributed by atoms with Gasteiger partial charge in [0.15, 0.2) is 5.78 Å². The average molecular weight is 442 g/mol. The number of benzene rings is 3. The zero-order chi connectivity index (χ0) is 23.4. The smallest absolute Gasteiger partial charge is 0.356 e. The van der Waals surface area contributed by atoms with Gasteiger partial charge in [-0.05, 0) is 23.3 Å². The number of nitrogens with one attached hydrogen (secondary N) is 1. The monoisotopic (exact) mass is 442 g/mol. The van der Waals surface area contributed by atoms with Gasteiger partial charge in [-0.15, -0.1) is 0 Å². The molecule has 0 spiro atoms. The number of esters is 1. The predicted octanol–water partition coefficient (Wildman–Crippen LogP) is 3.97. The molecule has 166 valence electrons. The molecule has 7 heteroatoms. The second-order valence-corrected chi connectivity index (χ2v) is 7.18. The second kappa shape index (κ2) is 9.40. The molecule has 3 aromatic rings. The number of allylic oxidation sites excluding steroid dienone is 1. The summed E-state index contributed by atoms with van der Waals surface area (Å²) in [4.78, 5) is 25.3. The van der Waals surface area contributed by atoms with E-state index >= 15 is 0 Å². The topological polar surface area (TPSA) is 86.2 Å². The van der Waals surface area contributed by atoms with Crippen LogP contribution in [0.15, 0.2) is 83.6 Å². The quantitative estimate of drug-likeness (QED) is 0.202. The van der Waals surface area contributed by atoms with E-state index in [1.807, 2.05) is 48.5 Å². The van der Waals surface area contributed by atoms with Crippen molar-refractivity contribution >= 4 is 17.5 Å². The summed E-state index contributed by atoms with van der Waals surface area (Å²) in [6, 6.07) is 20.5. The molecule has 0 fully saturated rings. The molecule has 1 aliphatic rings. The van der Waals surface area contributed by atoms with Crippen molar-refractivity contribution in [3.63, 3.8) is 0 Å². The highest BCUT2D eigenvalue weighted by Gasteiger charge is 2.24. The summed E-state index contributed by atoms with van der Waals surface area (Å²) in [6.07, 6.45) is 1.15. The van der Waals surface area contributed by atoms with Crippen LogP contribution in [-0.2, 0) is 9.53 Å². The molecule has 7 nitrogen and oxygen atoms in total. The second-order valence-electron chi connectivity index (χ2n) is 7.18. The molecular weight excluding hydrogens is 420 g/mol. The summed E-state index contributed by atoms with van der Waals surface area (Å²) < 4.78 is 15.3. The van der Waals surface area contributed by atoms with Crippen molar-refractivity contribution in [1.82, 2.24) is 5.43 Å². The average Bonchev–Trinajstić information content (AvgIpc) is 3.19. The molecule has 0 radical (unpaired) electrons. The molecule has 0 heterocycles. The Balaban J connectivity index is 1.70. The molecule has 0 bridgehead atoms. The van der Waals surface area contributed by atoms with Crippen LogP contribution in [0.25, 0.3) is 11.1 Å². The zero-order valence-electron chi connectivity index (χ0n) is 18.4. The van der Waals surface area contributed by atoms with Crippen LogP contribution in [0.2, 0.25) is 0 Å². The van der Waals surface area contributed by atoms with E-state index in [-0.39, 0.29) is 5.70 Å². The molecule has 0 saturated carbocycles. The Morgan fingerprint density at radius 1 is 0.788 bits per heavy atom. The molecular formula is C26H22N2O5. The minimum Gasteiger partial charge on any atom is -0.497 e. The maximum atomic E-state index is 12.9. The first-order valence-electron chi connectivity index (χ1n) is 10.2. The molecule has 1 aliphatic carbocycles. The van der Waals surface area contributed by atoms with E-state index in [9.17, 15) is 9.59 Å². The fourth-order valence-electron chi connectivity index (χ4n) is 3.64. The van der Waals surface area contributed by atoms with E-state index in [4.69, 9.17) is 14.2 Å². The molecule has 4 rings (SSSR count). The number of carbonyl (C=O) groups excluding carboxylic acids is 2. The molecule has 33 heavy (non-hydrogen) atoms. The van der Waals surface area contributed by atoms with Gasteiger partial charge in [0.05, 0.1) is 27.0 Å². The molecule has 0 atom stereocenters. The molecule has 0 aliphatic heterocycles. The Labute approximate surface area is 191 Å². The summed E-state index contributed by atoms with van der Waals surface area (Å²) in [5.74, 6) is -0.245. The SMILES string of the molecule is COC(=O)C(=CC(=O)c1cc(OC)cc(OC)c1)NN=C1c2ccccc2-c2ccccc21. The Morgan fingerprint density at radius 2 is 1.30 bits per heavy atom. The normalized spacial score (nSPS) is 11.8. The van der Waals surface area contributed by atoms with E-state index in [0.717, 1.165) is 28.3 Å². The van der Waals surface area contributed by atoms with Crippen molar-refractivity contribution in [1.29, 1.82) is 0 Å². The molecule has 0 saturated heterocycles. The number of rotatable bonds is 7. The maximum absolute atomic E-state index is 12.9. The first-order chi connectivity index (χ1) is 16.0. The fraction of sp³-hybridized carbons (Fsp3) is 0.115. The van der Waals surface area contributed by atoms with E-state index < -0.39 is 11.8 Å². The van der Waals surface area contributed by atoms with E-state index in [2.05, 4.69) is 10.5 Å². The van der Waals surface area contributed by atoms with Gasteiger partial charge in [0.25, 0.3) is 0 Å². The van der Waals surface area contributed by atoms with Crippen molar-refractivity contribution < 1.29 is 23.8 Å². The largest absolute Gasteiger partial charge is 0.497 e. The Morgan fingerprint density at radius 3 is 1.79 bits per heavy atom. The summed E-state index contributed by atoms with van der Waals surface area (Å²) in [7, 11) is 4.23. The Bertz CT molecular complexity index is 1220. The third-order valence-electron chi connectivity index (χ3n) is 5.26. The molecule has 0 unspecified atom stereocenters. The van der Waals surface area contributed by atoms with Gasteiger partial charge in [-0.2, -0.15) is 5.10 Å².